The van der Waals surface area contributed by atoms with Crippen LogP contribution >= 0.6 is 0 Å². The number of nitrogens with zero attached hydrogens (tertiary/aromatic N) is 1. The van der Waals surface area contributed by atoms with Crippen LogP contribution in [0.5, 0.6) is 0 Å². The number of hydrogen-bond donors (Lipinski definition) is 1. The minimum Gasteiger partial charge on any atom is -0.392 e. The summed E-state index contributed by atoms with van der Waals surface area (Å²) >= 11 is 0. The van der Waals surface area contributed by atoms with Gasteiger partial charge < -0.3 is 9.84 Å². The third-order valence-corrected chi connectivity index (χ3v) is 5.03. The number of aliphatic hydroxyl groups is 1. The van der Waals surface area contributed by atoms with E-state index in [1.165, 1.54) is 16.4 Å². The van der Waals surface area contributed by atoms with E-state index in [1.807, 2.05) is 6.92 Å². The van der Waals surface area contributed by atoms with E-state index in [4.69, 9.17) is 9.84 Å². The van der Waals surface area contributed by atoms with Crippen molar-refractivity contribution in [3.8, 4) is 0 Å². The van der Waals surface area contributed by atoms with Gasteiger partial charge in [0.15, 0.2) is 0 Å². The second kappa shape index (κ2) is 7.00. The lowest BCUT2D eigenvalue weighted by molar-refractivity contribution is 0.142. The van der Waals surface area contributed by atoms with Crippen LogP contribution in [0.1, 0.15) is 19.4 Å². The highest BCUT2D eigenvalue weighted by molar-refractivity contribution is 7.89. The average molecular weight is 287 g/mol. The minimum atomic E-state index is -3.53. The Hall–Kier alpha value is -0.950. The average Bonchev–Trinajstić information content (AvgIpc) is 2.39. The molecule has 1 atom stereocenters. The standard InChI is InChI=1S/C13H21NO4S/c1-4-14(11(2)10-18-3)19(16,17)13-7-5-12(9-15)6-8-13/h5-8,11,15H,4,9-10H2,1-3H3. The summed E-state index contributed by atoms with van der Waals surface area (Å²) in [6, 6.07) is 6.03. The van der Waals surface area contributed by atoms with E-state index >= 15 is 0 Å². The van der Waals surface area contributed by atoms with Gasteiger partial charge in [-0.25, -0.2) is 8.42 Å². The summed E-state index contributed by atoms with van der Waals surface area (Å²) in [6.45, 7) is 4.24. The predicted octanol–water partition coefficient (Wildman–Crippen LogP) is 1.22. The lowest BCUT2D eigenvalue weighted by atomic mass is 10.2. The molecule has 1 N–H and O–H groups in total. The van der Waals surface area contributed by atoms with Crippen LogP contribution in [0.3, 0.4) is 0 Å². The van der Waals surface area contributed by atoms with Crippen molar-refractivity contribution < 1.29 is 18.3 Å². The van der Waals surface area contributed by atoms with E-state index < -0.39 is 10.0 Å². The van der Waals surface area contributed by atoms with E-state index in [2.05, 4.69) is 0 Å². The Morgan fingerprint density at radius 3 is 2.32 bits per heavy atom. The molecular weight excluding hydrogens is 266 g/mol. The molecule has 0 radical (unpaired) electrons. The Bertz CT molecular complexity index is 484. The van der Waals surface area contributed by atoms with E-state index in [1.54, 1.807) is 26.2 Å². The van der Waals surface area contributed by atoms with Gasteiger partial charge in [-0.2, -0.15) is 4.31 Å². The molecule has 5 nitrogen and oxygen atoms in total. The highest BCUT2D eigenvalue weighted by Crippen LogP contribution is 2.18. The quantitative estimate of drug-likeness (QED) is 0.819. The van der Waals surface area contributed by atoms with Crippen molar-refractivity contribution in [2.75, 3.05) is 20.3 Å². The zero-order valence-electron chi connectivity index (χ0n) is 11.5. The SMILES string of the molecule is CCN(C(C)COC)S(=O)(=O)c1ccc(CO)cc1. The number of hydrogen-bond acceptors (Lipinski definition) is 4. The summed E-state index contributed by atoms with van der Waals surface area (Å²) < 4.78 is 31.4. The van der Waals surface area contributed by atoms with Gasteiger partial charge in [0.25, 0.3) is 0 Å². The van der Waals surface area contributed by atoms with Crippen LogP contribution in [-0.4, -0.2) is 44.1 Å². The third-order valence-electron chi connectivity index (χ3n) is 2.92. The summed E-state index contributed by atoms with van der Waals surface area (Å²) in [6.07, 6.45) is 0. The van der Waals surface area contributed by atoms with Crippen molar-refractivity contribution >= 4 is 10.0 Å². The molecule has 0 aromatic heterocycles. The topological polar surface area (TPSA) is 66.8 Å². The van der Waals surface area contributed by atoms with Gasteiger partial charge in [0, 0.05) is 19.7 Å². The van der Waals surface area contributed by atoms with Crippen molar-refractivity contribution in [2.45, 2.75) is 31.4 Å². The molecule has 1 aromatic carbocycles. The first-order valence-corrected chi connectivity index (χ1v) is 7.62. The van der Waals surface area contributed by atoms with Crippen LogP contribution in [0.15, 0.2) is 29.2 Å². The predicted molar refractivity (Wildman–Crippen MR) is 73.3 cm³/mol. The lowest BCUT2D eigenvalue weighted by Gasteiger charge is -2.26. The molecule has 19 heavy (non-hydrogen) atoms. The summed E-state index contributed by atoms with van der Waals surface area (Å²) in [5, 5.41) is 8.97. The molecule has 0 saturated carbocycles. The fraction of sp³-hybridized carbons (Fsp3) is 0.538. The first-order valence-electron chi connectivity index (χ1n) is 6.18. The first-order chi connectivity index (χ1) is 8.97. The maximum atomic E-state index is 12.5. The van der Waals surface area contributed by atoms with Crippen LogP contribution in [-0.2, 0) is 21.4 Å². The molecule has 0 aliphatic carbocycles. The van der Waals surface area contributed by atoms with E-state index in [-0.39, 0.29) is 17.5 Å². The van der Waals surface area contributed by atoms with Gasteiger partial charge in [-0.05, 0) is 24.6 Å². The lowest BCUT2D eigenvalue weighted by Crippen LogP contribution is -2.40. The molecule has 108 valence electrons. The smallest absolute Gasteiger partial charge is 0.243 e. The molecule has 0 saturated heterocycles. The molecule has 0 heterocycles. The van der Waals surface area contributed by atoms with Gasteiger partial charge in [-0.1, -0.05) is 19.1 Å². The van der Waals surface area contributed by atoms with E-state index in [0.717, 1.165) is 0 Å². The number of likely N-dealkylation sites (N-methyl/N-ethyl adjacent to an activating group) is 1. The first kappa shape index (κ1) is 16.1. The van der Waals surface area contributed by atoms with Crippen molar-refractivity contribution in [1.82, 2.24) is 4.31 Å². The molecule has 6 heteroatoms. The number of aliphatic hydroxyl groups excluding tert-OH is 1. The number of sulfonamides is 1. The number of rotatable bonds is 7. The second-order valence-electron chi connectivity index (χ2n) is 4.31. The maximum Gasteiger partial charge on any atom is 0.243 e. The van der Waals surface area contributed by atoms with Gasteiger partial charge >= 0.3 is 0 Å². The number of methoxy groups -OCH3 is 1. The minimum absolute atomic E-state index is 0.0993. The Labute approximate surface area is 114 Å². The van der Waals surface area contributed by atoms with Crippen molar-refractivity contribution in [2.24, 2.45) is 0 Å². The Morgan fingerprint density at radius 1 is 1.32 bits per heavy atom. The van der Waals surface area contributed by atoms with Crippen LogP contribution in [0.2, 0.25) is 0 Å². The Morgan fingerprint density at radius 2 is 1.89 bits per heavy atom. The largest absolute Gasteiger partial charge is 0.392 e. The molecule has 1 rings (SSSR count). The Balaban J connectivity index is 3.05. The molecule has 1 unspecified atom stereocenters. The van der Waals surface area contributed by atoms with Crippen molar-refractivity contribution in [3.05, 3.63) is 29.8 Å². The number of ether oxygens (including phenoxy) is 1. The molecule has 0 fully saturated rings. The normalized spacial score (nSPS) is 13.7. The zero-order valence-corrected chi connectivity index (χ0v) is 12.4. The highest BCUT2D eigenvalue weighted by atomic mass is 32.2. The van der Waals surface area contributed by atoms with Gasteiger partial charge in [0.1, 0.15) is 0 Å². The van der Waals surface area contributed by atoms with E-state index in [9.17, 15) is 8.42 Å². The van der Waals surface area contributed by atoms with Gasteiger partial charge in [-0.15, -0.1) is 0 Å². The third kappa shape index (κ3) is 3.76. The van der Waals surface area contributed by atoms with Crippen molar-refractivity contribution in [3.63, 3.8) is 0 Å². The fourth-order valence-corrected chi connectivity index (χ4v) is 3.57. The molecular formula is C13H21NO4S. The van der Waals surface area contributed by atoms with Crippen LogP contribution < -0.4 is 0 Å². The molecule has 0 aliphatic heterocycles. The highest BCUT2D eigenvalue weighted by Gasteiger charge is 2.27. The second-order valence-corrected chi connectivity index (χ2v) is 6.21. The van der Waals surface area contributed by atoms with Crippen LogP contribution in [0.4, 0.5) is 0 Å². The summed E-state index contributed by atoms with van der Waals surface area (Å²) in [4.78, 5) is 0.231. The summed E-state index contributed by atoms with van der Waals surface area (Å²) in [5.74, 6) is 0. The van der Waals surface area contributed by atoms with Crippen LogP contribution in [0.25, 0.3) is 0 Å². The Kier molecular flexibility index (Phi) is 5.93. The maximum absolute atomic E-state index is 12.5. The molecule has 0 bridgehead atoms. The van der Waals surface area contributed by atoms with Gasteiger partial charge in [0.05, 0.1) is 18.1 Å². The van der Waals surface area contributed by atoms with E-state index in [0.29, 0.717) is 18.7 Å². The molecule has 1 aromatic rings. The van der Waals surface area contributed by atoms with Gasteiger partial charge in [-0.3, -0.25) is 0 Å². The summed E-state index contributed by atoms with van der Waals surface area (Å²) in [7, 11) is -1.98. The zero-order chi connectivity index (χ0) is 14.5. The summed E-state index contributed by atoms with van der Waals surface area (Å²) in [5.41, 5.74) is 0.687. The van der Waals surface area contributed by atoms with Gasteiger partial charge in [0.2, 0.25) is 10.0 Å². The molecule has 0 spiro atoms. The van der Waals surface area contributed by atoms with Crippen LogP contribution in [0, 0.1) is 0 Å². The number of benzene rings is 1. The molecule has 0 amide bonds. The fourth-order valence-electron chi connectivity index (χ4n) is 1.95. The molecule has 0 aliphatic rings. The van der Waals surface area contributed by atoms with Crippen molar-refractivity contribution in [1.29, 1.82) is 0 Å². The monoisotopic (exact) mass is 287 g/mol.